The number of alkyl halides is 2. The largest absolute Gasteiger partial charge is 0.497 e. The lowest BCUT2D eigenvalue weighted by Gasteiger charge is -2.19. The van der Waals surface area contributed by atoms with Crippen LogP contribution in [0.3, 0.4) is 0 Å². The second kappa shape index (κ2) is 12.2. The maximum absolute atomic E-state index is 15.1. The number of rotatable bonds is 10. The van der Waals surface area contributed by atoms with Crippen molar-refractivity contribution in [1.82, 2.24) is 9.88 Å². The van der Waals surface area contributed by atoms with E-state index in [9.17, 15) is 28.3 Å². The number of nitrogens with zero attached hydrogens (tertiary/aromatic N) is 2. The average Bonchev–Trinajstić information content (AvgIpc) is 3.23. The molecule has 1 aromatic heterocycles. The molecule has 0 aliphatic carbocycles. The monoisotopic (exact) mass is 563 g/mol. The van der Waals surface area contributed by atoms with Gasteiger partial charge in [0, 0.05) is 55.0 Å². The normalized spacial score (nSPS) is 16.9. The highest BCUT2D eigenvalue weighted by Crippen LogP contribution is 2.39. The third-order valence-corrected chi connectivity index (χ3v) is 6.56. The predicted molar refractivity (Wildman–Crippen MR) is 135 cm³/mol. The molecule has 2 heterocycles. The summed E-state index contributed by atoms with van der Waals surface area (Å²) in [5.41, 5.74) is -0.980. The fourth-order valence-electron chi connectivity index (χ4n) is 4.66. The number of aliphatic hydroxyl groups is 1. The van der Waals surface area contributed by atoms with Crippen molar-refractivity contribution in [2.24, 2.45) is 5.92 Å². The lowest BCUT2D eigenvalue weighted by Crippen LogP contribution is -2.38. The molecule has 3 aromatic rings. The van der Waals surface area contributed by atoms with Crippen molar-refractivity contribution >= 4 is 17.5 Å². The van der Waals surface area contributed by atoms with E-state index in [4.69, 9.17) is 4.74 Å². The summed E-state index contributed by atoms with van der Waals surface area (Å²) in [6, 6.07) is 9.65. The first kappa shape index (κ1) is 28.6. The van der Waals surface area contributed by atoms with Gasteiger partial charge in [0.05, 0.1) is 19.6 Å². The van der Waals surface area contributed by atoms with Crippen molar-refractivity contribution in [1.29, 1.82) is 0 Å². The second-order valence-electron chi connectivity index (χ2n) is 8.90. The van der Waals surface area contributed by atoms with Gasteiger partial charge in [0.15, 0.2) is 0 Å². The van der Waals surface area contributed by atoms with Crippen LogP contribution in [-0.4, -0.2) is 54.9 Å². The number of nitrogens with one attached hydrogen (secondary N) is 1. The van der Waals surface area contributed by atoms with Crippen molar-refractivity contribution in [3.63, 3.8) is 0 Å². The van der Waals surface area contributed by atoms with Gasteiger partial charge < -0.3 is 29.4 Å². The van der Waals surface area contributed by atoms with Crippen LogP contribution in [0.15, 0.2) is 59.5 Å². The van der Waals surface area contributed by atoms with E-state index in [1.165, 1.54) is 54.3 Å². The summed E-state index contributed by atoms with van der Waals surface area (Å²) in [6.45, 7) is -4.01. The van der Waals surface area contributed by atoms with E-state index in [-0.39, 0.29) is 49.0 Å². The number of ether oxygens (including phenoxy) is 2. The maximum Gasteiger partial charge on any atom is 0.387 e. The van der Waals surface area contributed by atoms with Crippen LogP contribution >= 0.6 is 0 Å². The Labute approximate surface area is 225 Å². The van der Waals surface area contributed by atoms with Crippen LogP contribution in [0.1, 0.15) is 21.8 Å². The Morgan fingerprint density at radius 2 is 1.77 bits per heavy atom. The molecule has 1 aliphatic rings. The second-order valence-corrected chi connectivity index (χ2v) is 8.90. The number of aliphatic hydroxyl groups excluding tert-OH is 1. The molecular formula is C27H25F4N3O6. The van der Waals surface area contributed by atoms with Crippen LogP contribution < -0.4 is 25.2 Å². The van der Waals surface area contributed by atoms with Gasteiger partial charge in [0.2, 0.25) is 5.91 Å². The Morgan fingerprint density at radius 1 is 1.10 bits per heavy atom. The zero-order valence-corrected chi connectivity index (χ0v) is 21.2. The summed E-state index contributed by atoms with van der Waals surface area (Å²) in [5, 5.41) is 11.8. The van der Waals surface area contributed by atoms with Crippen molar-refractivity contribution in [3.05, 3.63) is 87.8 Å². The number of benzene rings is 2. The Balaban J connectivity index is 1.65. The quantitative estimate of drug-likeness (QED) is 0.367. The van der Waals surface area contributed by atoms with E-state index in [1.54, 1.807) is 0 Å². The molecule has 0 radical (unpaired) electrons. The van der Waals surface area contributed by atoms with Gasteiger partial charge in [0.25, 0.3) is 11.5 Å². The minimum Gasteiger partial charge on any atom is -0.497 e. The molecule has 1 saturated heterocycles. The fraction of sp³-hybridized carbons (Fsp3) is 0.296. The summed E-state index contributed by atoms with van der Waals surface area (Å²) in [5.74, 6) is -5.76. The SMILES string of the molecule is COc1cc(F)c([C@@H]2CN(c3cccn(CCO)c3=O)C(=O)C2CNC(=O)c2ccc(OC(F)F)cc2)c(F)c1. The highest BCUT2D eigenvalue weighted by Gasteiger charge is 2.45. The number of pyridine rings is 1. The molecule has 1 aliphatic heterocycles. The van der Waals surface area contributed by atoms with Crippen LogP contribution in [0.25, 0.3) is 0 Å². The van der Waals surface area contributed by atoms with Crippen LogP contribution in [0.5, 0.6) is 11.5 Å². The number of carbonyl (C=O) groups is 2. The van der Waals surface area contributed by atoms with Crippen molar-refractivity contribution in [2.75, 3.05) is 31.7 Å². The zero-order chi connectivity index (χ0) is 29.0. The first-order valence-electron chi connectivity index (χ1n) is 12.1. The number of methoxy groups -OCH3 is 1. The standard InChI is InChI=1S/C27H25F4N3O6/c1-39-17-11-20(28)23(21(29)12-17)19-14-34(22-3-2-8-33(9-10-35)26(22)38)25(37)18(19)13-32-24(36)15-4-6-16(7-5-15)40-27(30)31/h2-8,11-12,18-19,27,35H,9-10,13-14H2,1H3,(H,32,36)/t18?,19-/m1/s1. The summed E-state index contributed by atoms with van der Waals surface area (Å²) in [7, 11) is 1.24. The van der Waals surface area contributed by atoms with E-state index in [0.29, 0.717) is 0 Å². The molecule has 2 N–H and O–H groups in total. The van der Waals surface area contributed by atoms with Gasteiger partial charge in [-0.2, -0.15) is 8.78 Å². The number of hydrogen-bond acceptors (Lipinski definition) is 6. The highest BCUT2D eigenvalue weighted by molar-refractivity contribution is 5.99. The molecule has 1 unspecified atom stereocenters. The molecule has 1 fully saturated rings. The molecule has 0 bridgehead atoms. The van der Waals surface area contributed by atoms with Gasteiger partial charge in [0.1, 0.15) is 28.8 Å². The molecular weight excluding hydrogens is 538 g/mol. The van der Waals surface area contributed by atoms with E-state index >= 15 is 8.78 Å². The third kappa shape index (κ3) is 5.93. The topological polar surface area (TPSA) is 110 Å². The van der Waals surface area contributed by atoms with Gasteiger partial charge in [-0.1, -0.05) is 0 Å². The fourth-order valence-corrected chi connectivity index (χ4v) is 4.66. The minimum absolute atomic E-state index is 0.0273. The molecule has 0 spiro atoms. The minimum atomic E-state index is -3.04. The number of anilines is 1. The molecule has 2 atom stereocenters. The first-order chi connectivity index (χ1) is 19.1. The van der Waals surface area contributed by atoms with Gasteiger partial charge in [-0.15, -0.1) is 0 Å². The summed E-state index contributed by atoms with van der Waals surface area (Å²) in [6.07, 6.45) is 1.43. The Bertz CT molecular complexity index is 1420. The highest BCUT2D eigenvalue weighted by atomic mass is 19.3. The van der Waals surface area contributed by atoms with Crippen LogP contribution in [0.4, 0.5) is 23.2 Å². The average molecular weight is 564 g/mol. The van der Waals surface area contributed by atoms with Crippen molar-refractivity contribution in [3.8, 4) is 11.5 Å². The zero-order valence-electron chi connectivity index (χ0n) is 21.2. The van der Waals surface area contributed by atoms with E-state index in [0.717, 1.165) is 17.0 Å². The lowest BCUT2D eigenvalue weighted by atomic mass is 9.87. The molecule has 40 heavy (non-hydrogen) atoms. The number of hydrogen-bond donors (Lipinski definition) is 2. The summed E-state index contributed by atoms with van der Waals surface area (Å²) >= 11 is 0. The van der Waals surface area contributed by atoms with E-state index in [2.05, 4.69) is 10.1 Å². The Kier molecular flexibility index (Phi) is 8.73. The summed E-state index contributed by atoms with van der Waals surface area (Å²) < 4.78 is 65.4. The number of halogens is 4. The molecule has 212 valence electrons. The van der Waals surface area contributed by atoms with Gasteiger partial charge in [-0.3, -0.25) is 14.4 Å². The molecule has 2 aromatic carbocycles. The van der Waals surface area contributed by atoms with Crippen molar-refractivity contribution in [2.45, 2.75) is 19.1 Å². The number of aromatic nitrogens is 1. The first-order valence-corrected chi connectivity index (χ1v) is 12.1. The lowest BCUT2D eigenvalue weighted by molar-refractivity contribution is -0.120. The van der Waals surface area contributed by atoms with Crippen molar-refractivity contribution < 1.29 is 41.7 Å². The van der Waals surface area contributed by atoms with Crippen LogP contribution in [0.2, 0.25) is 0 Å². The van der Waals surface area contributed by atoms with Crippen LogP contribution in [0, 0.1) is 17.6 Å². The van der Waals surface area contributed by atoms with E-state index < -0.39 is 53.0 Å². The van der Waals surface area contributed by atoms with Gasteiger partial charge in [-0.25, -0.2) is 8.78 Å². The number of carbonyl (C=O) groups excluding carboxylic acids is 2. The van der Waals surface area contributed by atoms with Gasteiger partial charge >= 0.3 is 6.61 Å². The van der Waals surface area contributed by atoms with Crippen LogP contribution in [-0.2, 0) is 11.3 Å². The molecule has 0 saturated carbocycles. The van der Waals surface area contributed by atoms with Gasteiger partial charge in [-0.05, 0) is 36.4 Å². The Hall–Kier alpha value is -4.39. The molecule has 2 amide bonds. The molecule has 9 nitrogen and oxygen atoms in total. The maximum atomic E-state index is 15.1. The smallest absolute Gasteiger partial charge is 0.387 e. The molecule has 4 rings (SSSR count). The van der Waals surface area contributed by atoms with E-state index in [1.807, 2.05) is 0 Å². The molecule has 13 heteroatoms. The summed E-state index contributed by atoms with van der Waals surface area (Å²) in [4.78, 5) is 40.4. The number of amides is 2. The predicted octanol–water partition coefficient (Wildman–Crippen LogP) is 2.91. The Morgan fingerprint density at radius 3 is 2.38 bits per heavy atom. The third-order valence-electron chi connectivity index (χ3n) is 6.56.